The third kappa shape index (κ3) is 4.13. The Bertz CT molecular complexity index is 524. The van der Waals surface area contributed by atoms with Gasteiger partial charge in [-0.1, -0.05) is 6.07 Å². The number of carbonyl (C=O) groups is 1. The highest BCUT2D eigenvalue weighted by Crippen LogP contribution is 2.32. The third-order valence-electron chi connectivity index (χ3n) is 3.61. The molecule has 1 aromatic rings. The van der Waals surface area contributed by atoms with Crippen molar-refractivity contribution in [3.8, 4) is 5.75 Å². The number of benzene rings is 1. The van der Waals surface area contributed by atoms with Gasteiger partial charge in [0.15, 0.2) is 0 Å². The SMILES string of the molecule is C[C@@H](N)C(=O)N1CCC(Oc2cccc(C(F)(F)F)c2)CC1. The van der Waals surface area contributed by atoms with Crippen LogP contribution in [0.5, 0.6) is 5.75 Å². The van der Waals surface area contributed by atoms with Crippen LogP contribution in [0, 0.1) is 0 Å². The number of halogens is 3. The molecule has 2 N–H and O–H groups in total. The molecule has 0 radical (unpaired) electrons. The van der Waals surface area contributed by atoms with E-state index in [1.807, 2.05) is 0 Å². The molecule has 1 atom stereocenters. The summed E-state index contributed by atoms with van der Waals surface area (Å²) in [6.07, 6.45) is -3.42. The Kier molecular flexibility index (Phi) is 4.95. The molecule has 0 saturated carbocycles. The van der Waals surface area contributed by atoms with Crippen LogP contribution in [0.2, 0.25) is 0 Å². The fraction of sp³-hybridized carbons (Fsp3) is 0.533. The molecule has 0 aliphatic carbocycles. The summed E-state index contributed by atoms with van der Waals surface area (Å²) < 4.78 is 43.6. The number of amides is 1. The number of ether oxygens (including phenoxy) is 1. The van der Waals surface area contributed by atoms with Crippen LogP contribution >= 0.6 is 0 Å². The molecule has 1 heterocycles. The molecular weight excluding hydrogens is 297 g/mol. The van der Waals surface area contributed by atoms with Gasteiger partial charge in [-0.2, -0.15) is 13.2 Å². The van der Waals surface area contributed by atoms with Crippen molar-refractivity contribution in [1.29, 1.82) is 0 Å². The molecule has 1 aromatic carbocycles. The summed E-state index contributed by atoms with van der Waals surface area (Å²) in [6.45, 7) is 2.64. The van der Waals surface area contributed by atoms with Gasteiger partial charge in [-0.3, -0.25) is 4.79 Å². The van der Waals surface area contributed by atoms with Gasteiger partial charge < -0.3 is 15.4 Å². The molecule has 7 heteroatoms. The van der Waals surface area contributed by atoms with Crippen molar-refractivity contribution in [2.75, 3.05) is 13.1 Å². The van der Waals surface area contributed by atoms with Gasteiger partial charge in [0, 0.05) is 25.9 Å². The summed E-state index contributed by atoms with van der Waals surface area (Å²) in [4.78, 5) is 13.4. The van der Waals surface area contributed by atoms with E-state index < -0.39 is 17.8 Å². The number of nitrogens with two attached hydrogens (primary N) is 1. The molecule has 0 aromatic heterocycles. The van der Waals surface area contributed by atoms with Gasteiger partial charge in [-0.15, -0.1) is 0 Å². The monoisotopic (exact) mass is 316 g/mol. The molecule has 1 fully saturated rings. The fourth-order valence-corrected chi connectivity index (χ4v) is 2.42. The normalized spacial score (nSPS) is 18.1. The molecule has 1 aliphatic rings. The molecule has 1 saturated heterocycles. The number of rotatable bonds is 3. The Balaban J connectivity index is 1.93. The molecule has 0 unspecified atom stereocenters. The van der Waals surface area contributed by atoms with E-state index in [9.17, 15) is 18.0 Å². The van der Waals surface area contributed by atoms with Crippen LogP contribution in [0.3, 0.4) is 0 Å². The highest BCUT2D eigenvalue weighted by atomic mass is 19.4. The molecule has 1 aliphatic heterocycles. The first-order valence-corrected chi connectivity index (χ1v) is 7.15. The number of hydrogen-bond donors (Lipinski definition) is 1. The van der Waals surface area contributed by atoms with Crippen molar-refractivity contribution < 1.29 is 22.7 Å². The fourth-order valence-electron chi connectivity index (χ4n) is 2.42. The Labute approximate surface area is 127 Å². The van der Waals surface area contributed by atoms with Crippen LogP contribution < -0.4 is 10.5 Å². The number of alkyl halides is 3. The predicted octanol–water partition coefficient (Wildman–Crippen LogP) is 2.42. The van der Waals surface area contributed by atoms with Crippen LogP contribution in [-0.2, 0) is 11.0 Å². The molecule has 4 nitrogen and oxygen atoms in total. The molecule has 2 rings (SSSR count). The maximum atomic E-state index is 12.7. The number of nitrogens with zero attached hydrogens (tertiary/aromatic N) is 1. The van der Waals surface area contributed by atoms with Gasteiger partial charge in [-0.25, -0.2) is 0 Å². The minimum atomic E-state index is -4.38. The lowest BCUT2D eigenvalue weighted by Crippen LogP contribution is -2.47. The van der Waals surface area contributed by atoms with Gasteiger partial charge in [0.05, 0.1) is 11.6 Å². The van der Waals surface area contributed by atoms with Gasteiger partial charge >= 0.3 is 6.18 Å². The average molecular weight is 316 g/mol. The minimum Gasteiger partial charge on any atom is -0.490 e. The summed E-state index contributed by atoms with van der Waals surface area (Å²) in [7, 11) is 0. The molecule has 0 bridgehead atoms. The lowest BCUT2D eigenvalue weighted by atomic mass is 10.1. The van der Waals surface area contributed by atoms with Crippen LogP contribution in [0.1, 0.15) is 25.3 Å². The first-order chi connectivity index (χ1) is 10.3. The predicted molar refractivity (Wildman–Crippen MR) is 75.3 cm³/mol. The molecule has 1 amide bonds. The van der Waals surface area contributed by atoms with Gasteiger partial charge in [0.2, 0.25) is 5.91 Å². The van der Waals surface area contributed by atoms with Crippen molar-refractivity contribution in [3.63, 3.8) is 0 Å². The van der Waals surface area contributed by atoms with Crippen molar-refractivity contribution in [3.05, 3.63) is 29.8 Å². The number of carbonyl (C=O) groups excluding carboxylic acids is 1. The number of likely N-dealkylation sites (tertiary alicyclic amines) is 1. The highest BCUT2D eigenvalue weighted by molar-refractivity contribution is 5.81. The first kappa shape index (κ1) is 16.6. The Hall–Kier alpha value is -1.76. The van der Waals surface area contributed by atoms with Crippen LogP contribution in [-0.4, -0.2) is 36.0 Å². The van der Waals surface area contributed by atoms with Crippen LogP contribution in [0.15, 0.2) is 24.3 Å². The van der Waals surface area contributed by atoms with Crippen molar-refractivity contribution in [2.45, 2.75) is 38.1 Å². The summed E-state index contributed by atoms with van der Waals surface area (Å²) in [5.41, 5.74) is 4.83. The first-order valence-electron chi connectivity index (χ1n) is 7.15. The molecular formula is C15H19F3N2O2. The second-order valence-corrected chi connectivity index (χ2v) is 5.46. The third-order valence-corrected chi connectivity index (χ3v) is 3.61. The van der Waals surface area contributed by atoms with E-state index in [-0.39, 0.29) is 17.8 Å². The zero-order valence-corrected chi connectivity index (χ0v) is 12.3. The smallest absolute Gasteiger partial charge is 0.416 e. The van der Waals surface area contributed by atoms with Crippen molar-refractivity contribution in [1.82, 2.24) is 4.90 Å². The van der Waals surface area contributed by atoms with Gasteiger partial charge in [0.25, 0.3) is 0 Å². The van der Waals surface area contributed by atoms with E-state index in [2.05, 4.69) is 0 Å². The van der Waals surface area contributed by atoms with E-state index in [4.69, 9.17) is 10.5 Å². The topological polar surface area (TPSA) is 55.6 Å². The lowest BCUT2D eigenvalue weighted by molar-refractivity contribution is -0.138. The van der Waals surface area contributed by atoms with E-state index in [1.165, 1.54) is 12.1 Å². The summed E-state index contributed by atoms with van der Waals surface area (Å²) in [5, 5.41) is 0. The number of hydrogen-bond acceptors (Lipinski definition) is 3. The molecule has 122 valence electrons. The van der Waals surface area contributed by atoms with Crippen LogP contribution in [0.25, 0.3) is 0 Å². The minimum absolute atomic E-state index is 0.113. The second-order valence-electron chi connectivity index (χ2n) is 5.46. The Morgan fingerprint density at radius 3 is 2.55 bits per heavy atom. The quantitative estimate of drug-likeness (QED) is 0.932. The zero-order chi connectivity index (χ0) is 16.3. The van der Waals surface area contributed by atoms with E-state index >= 15 is 0 Å². The summed E-state index contributed by atoms with van der Waals surface area (Å²) in [6, 6.07) is 4.30. The Morgan fingerprint density at radius 1 is 1.36 bits per heavy atom. The van der Waals surface area contributed by atoms with E-state index in [1.54, 1.807) is 11.8 Å². The summed E-state index contributed by atoms with van der Waals surface area (Å²) in [5.74, 6) is 0.0873. The van der Waals surface area contributed by atoms with Gasteiger partial charge in [0.1, 0.15) is 11.9 Å². The lowest BCUT2D eigenvalue weighted by Gasteiger charge is -2.33. The van der Waals surface area contributed by atoms with E-state index in [0.717, 1.165) is 12.1 Å². The Morgan fingerprint density at radius 2 is 2.00 bits per heavy atom. The maximum Gasteiger partial charge on any atom is 0.416 e. The standard InChI is InChI=1S/C15H19F3N2O2/c1-10(19)14(21)20-7-5-12(6-8-20)22-13-4-2-3-11(9-13)15(16,17)18/h2-4,9-10,12H,5-8,19H2,1H3/t10-/m1/s1. The highest BCUT2D eigenvalue weighted by Gasteiger charge is 2.31. The molecule has 0 spiro atoms. The number of piperidine rings is 1. The second kappa shape index (κ2) is 6.56. The zero-order valence-electron chi connectivity index (χ0n) is 12.3. The van der Waals surface area contributed by atoms with Gasteiger partial charge in [-0.05, 0) is 25.1 Å². The molecule has 22 heavy (non-hydrogen) atoms. The van der Waals surface area contributed by atoms with Crippen LogP contribution in [0.4, 0.5) is 13.2 Å². The maximum absolute atomic E-state index is 12.7. The summed E-state index contributed by atoms with van der Waals surface area (Å²) >= 11 is 0. The largest absolute Gasteiger partial charge is 0.490 e. The average Bonchev–Trinajstić information content (AvgIpc) is 2.46. The van der Waals surface area contributed by atoms with E-state index in [0.29, 0.717) is 25.9 Å². The van der Waals surface area contributed by atoms with Crippen molar-refractivity contribution in [2.24, 2.45) is 5.73 Å². The van der Waals surface area contributed by atoms with Crippen molar-refractivity contribution >= 4 is 5.91 Å².